The van der Waals surface area contributed by atoms with Crippen LogP contribution in [0.3, 0.4) is 0 Å². The number of nitrogens with zero attached hydrogens (tertiary/aromatic N) is 1. The van der Waals surface area contributed by atoms with Gasteiger partial charge in [-0.3, -0.25) is 0 Å². The highest BCUT2D eigenvalue weighted by atomic mass is 16.5. The molecule has 1 aliphatic heterocycles. The van der Waals surface area contributed by atoms with Gasteiger partial charge in [-0.1, -0.05) is 12.2 Å². The fraction of sp³-hybridized carbons (Fsp3) is 0.846. The summed E-state index contributed by atoms with van der Waals surface area (Å²) < 4.78 is 5.47. The number of likely N-dealkylation sites (tertiary alicyclic amines) is 1. The van der Waals surface area contributed by atoms with E-state index >= 15 is 0 Å². The largest absolute Gasteiger partial charge is 0.376 e. The highest BCUT2D eigenvalue weighted by molar-refractivity contribution is 4.87. The van der Waals surface area contributed by atoms with Gasteiger partial charge in [-0.2, -0.15) is 0 Å². The third-order valence-electron chi connectivity index (χ3n) is 2.98. The maximum atomic E-state index is 5.47. The third-order valence-corrected chi connectivity index (χ3v) is 2.98. The molecule has 1 atom stereocenters. The smallest absolute Gasteiger partial charge is 0.0672 e. The topological polar surface area (TPSA) is 24.5 Å². The van der Waals surface area contributed by atoms with E-state index in [2.05, 4.69) is 23.8 Å². The molecular weight excluding hydrogens is 200 g/mol. The van der Waals surface area contributed by atoms with Gasteiger partial charge in [0.15, 0.2) is 0 Å². The molecule has 0 amide bonds. The molecule has 1 saturated heterocycles. The van der Waals surface area contributed by atoms with Crippen molar-refractivity contribution in [1.82, 2.24) is 10.2 Å². The predicted molar refractivity (Wildman–Crippen MR) is 68.8 cm³/mol. The fourth-order valence-corrected chi connectivity index (χ4v) is 2.03. The Bertz CT molecular complexity index is 206. The van der Waals surface area contributed by atoms with E-state index in [0.29, 0.717) is 12.6 Å². The van der Waals surface area contributed by atoms with E-state index in [4.69, 9.17) is 4.74 Å². The second kappa shape index (κ2) is 7.82. The minimum atomic E-state index is 0.679. The Morgan fingerprint density at radius 1 is 1.44 bits per heavy atom. The Morgan fingerprint density at radius 3 is 3.00 bits per heavy atom. The first-order chi connectivity index (χ1) is 7.68. The summed E-state index contributed by atoms with van der Waals surface area (Å²) in [5.41, 5.74) is 1.09. The molecular formula is C13H26N2O. The molecule has 0 saturated carbocycles. The average Bonchev–Trinajstić information content (AvgIpc) is 2.43. The van der Waals surface area contributed by atoms with Crippen molar-refractivity contribution in [3.63, 3.8) is 0 Å². The van der Waals surface area contributed by atoms with Gasteiger partial charge in [0.1, 0.15) is 0 Å². The predicted octanol–water partition coefficient (Wildman–Crippen LogP) is 1.65. The standard InChI is InChI=1S/C13H26N2O/c1-12(2)11-16-10-7-14-13-5-4-8-15(3)9-6-13/h13-14H,1,4-11H2,2-3H3. The van der Waals surface area contributed by atoms with Crippen LogP contribution in [-0.2, 0) is 4.74 Å². The molecule has 3 nitrogen and oxygen atoms in total. The Balaban J connectivity index is 2.01. The minimum absolute atomic E-state index is 0.679. The molecule has 0 aromatic heterocycles. The van der Waals surface area contributed by atoms with Gasteiger partial charge in [-0.05, 0) is 46.3 Å². The first-order valence-electron chi connectivity index (χ1n) is 6.32. The molecule has 1 fully saturated rings. The number of hydrogen-bond acceptors (Lipinski definition) is 3. The summed E-state index contributed by atoms with van der Waals surface area (Å²) in [7, 11) is 2.21. The van der Waals surface area contributed by atoms with Crippen LogP contribution < -0.4 is 5.32 Å². The molecule has 3 heteroatoms. The summed E-state index contributed by atoms with van der Waals surface area (Å²) in [6.07, 6.45) is 3.86. The second-order valence-electron chi connectivity index (χ2n) is 4.89. The molecule has 0 aromatic rings. The Kier molecular flexibility index (Phi) is 6.69. The molecule has 0 bridgehead atoms. The highest BCUT2D eigenvalue weighted by Crippen LogP contribution is 2.08. The molecule has 1 rings (SSSR count). The van der Waals surface area contributed by atoms with Gasteiger partial charge in [0.05, 0.1) is 13.2 Å². The molecule has 16 heavy (non-hydrogen) atoms. The second-order valence-corrected chi connectivity index (χ2v) is 4.89. The van der Waals surface area contributed by atoms with Crippen molar-refractivity contribution in [2.75, 3.05) is 39.9 Å². The zero-order valence-corrected chi connectivity index (χ0v) is 10.8. The first-order valence-corrected chi connectivity index (χ1v) is 6.32. The minimum Gasteiger partial charge on any atom is -0.376 e. The van der Waals surface area contributed by atoms with Crippen LogP contribution in [0.15, 0.2) is 12.2 Å². The summed E-state index contributed by atoms with van der Waals surface area (Å²) in [6.45, 7) is 10.7. The van der Waals surface area contributed by atoms with E-state index in [0.717, 1.165) is 18.7 Å². The summed E-state index contributed by atoms with van der Waals surface area (Å²) in [5, 5.41) is 3.57. The lowest BCUT2D eigenvalue weighted by Crippen LogP contribution is -2.32. The zero-order valence-electron chi connectivity index (χ0n) is 10.8. The van der Waals surface area contributed by atoms with Crippen LogP contribution in [0, 0.1) is 0 Å². The van der Waals surface area contributed by atoms with Gasteiger partial charge in [0.2, 0.25) is 0 Å². The summed E-state index contributed by atoms with van der Waals surface area (Å²) in [5.74, 6) is 0. The van der Waals surface area contributed by atoms with Crippen molar-refractivity contribution in [2.45, 2.75) is 32.2 Å². The van der Waals surface area contributed by atoms with Crippen molar-refractivity contribution >= 4 is 0 Å². The van der Waals surface area contributed by atoms with Gasteiger partial charge in [-0.15, -0.1) is 0 Å². The molecule has 94 valence electrons. The van der Waals surface area contributed by atoms with Crippen LogP contribution in [0.1, 0.15) is 26.2 Å². The zero-order chi connectivity index (χ0) is 11.8. The van der Waals surface area contributed by atoms with E-state index in [1.54, 1.807) is 0 Å². The number of hydrogen-bond donors (Lipinski definition) is 1. The van der Waals surface area contributed by atoms with Crippen LogP contribution in [-0.4, -0.2) is 50.8 Å². The summed E-state index contributed by atoms with van der Waals surface area (Å²) >= 11 is 0. The molecule has 1 aliphatic rings. The molecule has 0 aliphatic carbocycles. The van der Waals surface area contributed by atoms with Crippen molar-refractivity contribution in [3.05, 3.63) is 12.2 Å². The normalized spacial score (nSPS) is 23.0. The van der Waals surface area contributed by atoms with Crippen molar-refractivity contribution in [3.8, 4) is 0 Å². The molecule has 0 spiro atoms. The van der Waals surface area contributed by atoms with Crippen molar-refractivity contribution in [1.29, 1.82) is 0 Å². The fourth-order valence-electron chi connectivity index (χ4n) is 2.03. The highest BCUT2D eigenvalue weighted by Gasteiger charge is 2.13. The SMILES string of the molecule is C=C(C)COCCNC1CCCN(C)CC1. The first kappa shape index (κ1) is 13.7. The van der Waals surface area contributed by atoms with Gasteiger partial charge in [-0.25, -0.2) is 0 Å². The van der Waals surface area contributed by atoms with Gasteiger partial charge < -0.3 is 15.0 Å². The third kappa shape index (κ3) is 6.26. The quantitative estimate of drug-likeness (QED) is 0.550. The van der Waals surface area contributed by atoms with Crippen LogP contribution in [0.5, 0.6) is 0 Å². The monoisotopic (exact) mass is 226 g/mol. The van der Waals surface area contributed by atoms with E-state index in [1.807, 2.05) is 6.92 Å². The maximum Gasteiger partial charge on any atom is 0.0672 e. The molecule has 0 radical (unpaired) electrons. The van der Waals surface area contributed by atoms with Crippen LogP contribution in [0.2, 0.25) is 0 Å². The average molecular weight is 226 g/mol. The Morgan fingerprint density at radius 2 is 2.25 bits per heavy atom. The molecule has 1 unspecified atom stereocenters. The van der Waals surface area contributed by atoms with Gasteiger partial charge in [0, 0.05) is 12.6 Å². The lowest BCUT2D eigenvalue weighted by atomic mass is 10.1. The van der Waals surface area contributed by atoms with E-state index in [1.165, 1.54) is 32.4 Å². The van der Waals surface area contributed by atoms with Crippen molar-refractivity contribution < 1.29 is 4.74 Å². The summed E-state index contributed by atoms with van der Waals surface area (Å²) in [4.78, 5) is 2.42. The maximum absolute atomic E-state index is 5.47. The Labute approximate surface area is 99.8 Å². The molecule has 1 N–H and O–H groups in total. The molecule has 0 aromatic carbocycles. The lowest BCUT2D eigenvalue weighted by Gasteiger charge is -2.16. The Hall–Kier alpha value is -0.380. The van der Waals surface area contributed by atoms with Crippen LogP contribution in [0.25, 0.3) is 0 Å². The van der Waals surface area contributed by atoms with Gasteiger partial charge >= 0.3 is 0 Å². The summed E-state index contributed by atoms with van der Waals surface area (Å²) in [6, 6.07) is 0.679. The van der Waals surface area contributed by atoms with Crippen molar-refractivity contribution in [2.24, 2.45) is 0 Å². The lowest BCUT2D eigenvalue weighted by molar-refractivity contribution is 0.154. The van der Waals surface area contributed by atoms with E-state index < -0.39 is 0 Å². The van der Waals surface area contributed by atoms with Crippen LogP contribution >= 0.6 is 0 Å². The number of ether oxygens (including phenoxy) is 1. The van der Waals surface area contributed by atoms with Gasteiger partial charge in [0.25, 0.3) is 0 Å². The number of rotatable bonds is 6. The van der Waals surface area contributed by atoms with Crippen LogP contribution in [0.4, 0.5) is 0 Å². The van der Waals surface area contributed by atoms with E-state index in [-0.39, 0.29) is 0 Å². The number of nitrogens with one attached hydrogen (secondary N) is 1. The van der Waals surface area contributed by atoms with E-state index in [9.17, 15) is 0 Å². The molecule has 1 heterocycles.